The molecule has 1 aromatic heterocycles. The second kappa shape index (κ2) is 5.88. The Balaban J connectivity index is 1.59. The van der Waals surface area contributed by atoms with E-state index >= 15 is 0 Å². The Bertz CT molecular complexity index is 669. The average Bonchev–Trinajstić information content (AvgIpc) is 3.31. The van der Waals surface area contributed by atoms with Crippen LogP contribution in [-0.4, -0.2) is 22.1 Å². The number of nitrogens with one attached hydrogen (secondary N) is 3. The van der Waals surface area contributed by atoms with E-state index in [9.17, 15) is 9.59 Å². The number of aromatic nitrogens is 2. The number of hydrogen-bond donors (Lipinski definition) is 3. The van der Waals surface area contributed by atoms with E-state index in [0.717, 1.165) is 6.54 Å². The minimum Gasteiger partial charge on any atom is -0.321 e. The Labute approximate surface area is 121 Å². The summed E-state index contributed by atoms with van der Waals surface area (Å²) in [5.41, 5.74) is 1.72. The van der Waals surface area contributed by atoms with Gasteiger partial charge in [-0.15, -0.1) is 0 Å². The maximum Gasteiger partial charge on any atom is 0.276 e. The standard InChI is InChI=1S/C15H16N4O2/c20-14-8-7-13(18-19-14)15(21)17-12-3-1-10(2-4-12)9-16-11-5-6-11/h1-4,7-8,11,16H,5-6,9H2,(H,17,21)(H,19,20). The van der Waals surface area contributed by atoms with E-state index in [0.29, 0.717) is 11.7 Å². The third kappa shape index (κ3) is 3.76. The number of amides is 1. The third-order valence-electron chi connectivity index (χ3n) is 3.30. The lowest BCUT2D eigenvalue weighted by Crippen LogP contribution is -2.17. The zero-order valence-electron chi connectivity index (χ0n) is 11.4. The molecule has 6 nitrogen and oxygen atoms in total. The van der Waals surface area contributed by atoms with E-state index in [2.05, 4.69) is 20.8 Å². The zero-order chi connectivity index (χ0) is 14.7. The molecule has 1 heterocycles. The van der Waals surface area contributed by atoms with Gasteiger partial charge in [0.15, 0.2) is 0 Å². The molecule has 0 aliphatic heterocycles. The number of nitrogens with zero attached hydrogens (tertiary/aromatic N) is 1. The largest absolute Gasteiger partial charge is 0.321 e. The van der Waals surface area contributed by atoms with Crippen molar-refractivity contribution in [2.75, 3.05) is 5.32 Å². The minimum absolute atomic E-state index is 0.175. The number of rotatable bonds is 5. The second-order valence-electron chi connectivity index (χ2n) is 5.11. The zero-order valence-corrected chi connectivity index (χ0v) is 11.4. The summed E-state index contributed by atoms with van der Waals surface area (Å²) in [5, 5.41) is 12.1. The molecule has 2 aromatic rings. The van der Waals surface area contributed by atoms with E-state index in [1.54, 1.807) is 0 Å². The minimum atomic E-state index is -0.352. The maximum absolute atomic E-state index is 11.9. The van der Waals surface area contributed by atoms with Crippen LogP contribution in [0.15, 0.2) is 41.2 Å². The normalized spacial score (nSPS) is 13.9. The van der Waals surface area contributed by atoms with Gasteiger partial charge in [-0.1, -0.05) is 12.1 Å². The van der Waals surface area contributed by atoms with Crippen molar-refractivity contribution in [3.8, 4) is 0 Å². The molecule has 1 aromatic carbocycles. The van der Waals surface area contributed by atoms with Crippen LogP contribution in [0.1, 0.15) is 28.9 Å². The van der Waals surface area contributed by atoms with Gasteiger partial charge in [0.1, 0.15) is 5.69 Å². The first kappa shape index (κ1) is 13.5. The highest BCUT2D eigenvalue weighted by Gasteiger charge is 2.19. The number of H-pyrrole nitrogens is 1. The molecule has 0 radical (unpaired) electrons. The molecule has 1 aliphatic rings. The van der Waals surface area contributed by atoms with E-state index in [1.165, 1.54) is 30.5 Å². The summed E-state index contributed by atoms with van der Waals surface area (Å²) in [6.45, 7) is 0.848. The van der Waals surface area contributed by atoms with Gasteiger partial charge < -0.3 is 10.6 Å². The van der Waals surface area contributed by atoms with Crippen LogP contribution in [0.2, 0.25) is 0 Å². The lowest BCUT2D eigenvalue weighted by Gasteiger charge is -2.06. The summed E-state index contributed by atoms with van der Waals surface area (Å²) in [7, 11) is 0. The molecule has 108 valence electrons. The molecule has 1 aliphatic carbocycles. The molecular formula is C15H16N4O2. The summed E-state index contributed by atoms with van der Waals surface area (Å²) in [5.74, 6) is -0.352. The second-order valence-corrected chi connectivity index (χ2v) is 5.11. The smallest absolute Gasteiger partial charge is 0.276 e. The number of carbonyl (C=O) groups excluding carboxylic acids is 1. The van der Waals surface area contributed by atoms with Crippen LogP contribution in [0.3, 0.4) is 0 Å². The molecule has 0 atom stereocenters. The van der Waals surface area contributed by atoms with Crippen LogP contribution in [0.5, 0.6) is 0 Å². The fourth-order valence-electron chi connectivity index (χ4n) is 1.92. The van der Waals surface area contributed by atoms with Gasteiger partial charge in [0.05, 0.1) is 0 Å². The Morgan fingerprint density at radius 1 is 1.19 bits per heavy atom. The molecule has 3 N–H and O–H groups in total. The van der Waals surface area contributed by atoms with E-state index in [1.807, 2.05) is 24.3 Å². The molecule has 0 saturated heterocycles. The molecule has 1 fully saturated rings. The Kier molecular flexibility index (Phi) is 3.79. The van der Waals surface area contributed by atoms with Crippen LogP contribution >= 0.6 is 0 Å². The molecule has 0 unspecified atom stereocenters. The van der Waals surface area contributed by atoms with Crippen LogP contribution in [0.4, 0.5) is 5.69 Å². The molecule has 1 saturated carbocycles. The lowest BCUT2D eigenvalue weighted by molar-refractivity contribution is 0.102. The van der Waals surface area contributed by atoms with Gasteiger partial charge in [0.2, 0.25) is 0 Å². The lowest BCUT2D eigenvalue weighted by atomic mass is 10.2. The first-order valence-corrected chi connectivity index (χ1v) is 6.90. The number of hydrogen-bond acceptors (Lipinski definition) is 4. The molecule has 0 spiro atoms. The highest BCUT2D eigenvalue weighted by Crippen LogP contribution is 2.19. The molecule has 1 amide bonds. The predicted octanol–water partition coefficient (Wildman–Crippen LogP) is 1.27. The summed E-state index contributed by atoms with van der Waals surface area (Å²) in [6.07, 6.45) is 2.53. The van der Waals surface area contributed by atoms with Gasteiger partial charge in [0, 0.05) is 24.3 Å². The van der Waals surface area contributed by atoms with Crippen molar-refractivity contribution < 1.29 is 4.79 Å². The topological polar surface area (TPSA) is 86.9 Å². The first-order valence-electron chi connectivity index (χ1n) is 6.90. The Hall–Kier alpha value is -2.47. The van der Waals surface area contributed by atoms with Gasteiger partial charge in [-0.2, -0.15) is 5.10 Å². The van der Waals surface area contributed by atoms with Gasteiger partial charge in [-0.25, -0.2) is 5.10 Å². The van der Waals surface area contributed by atoms with Crippen molar-refractivity contribution in [2.45, 2.75) is 25.4 Å². The Morgan fingerprint density at radius 3 is 2.57 bits per heavy atom. The predicted molar refractivity (Wildman–Crippen MR) is 79.1 cm³/mol. The first-order chi connectivity index (χ1) is 10.2. The van der Waals surface area contributed by atoms with E-state index in [-0.39, 0.29) is 17.2 Å². The Morgan fingerprint density at radius 2 is 1.95 bits per heavy atom. The third-order valence-corrected chi connectivity index (χ3v) is 3.30. The maximum atomic E-state index is 11.9. The van der Waals surface area contributed by atoms with Crippen molar-refractivity contribution in [2.24, 2.45) is 0 Å². The van der Waals surface area contributed by atoms with Crippen LogP contribution < -0.4 is 16.2 Å². The van der Waals surface area contributed by atoms with Crippen LogP contribution in [0, 0.1) is 0 Å². The van der Waals surface area contributed by atoms with Crippen LogP contribution in [0.25, 0.3) is 0 Å². The van der Waals surface area contributed by atoms with Gasteiger partial charge >= 0.3 is 0 Å². The molecule has 3 rings (SSSR count). The highest BCUT2D eigenvalue weighted by atomic mass is 16.2. The average molecular weight is 284 g/mol. The van der Waals surface area contributed by atoms with Gasteiger partial charge in [-0.05, 0) is 36.6 Å². The fourth-order valence-corrected chi connectivity index (χ4v) is 1.92. The number of anilines is 1. The summed E-state index contributed by atoms with van der Waals surface area (Å²) < 4.78 is 0. The van der Waals surface area contributed by atoms with Crippen molar-refractivity contribution in [1.82, 2.24) is 15.5 Å². The van der Waals surface area contributed by atoms with Gasteiger partial charge in [-0.3, -0.25) is 9.59 Å². The van der Waals surface area contributed by atoms with Crippen molar-refractivity contribution in [3.05, 3.63) is 58.0 Å². The monoisotopic (exact) mass is 284 g/mol. The summed E-state index contributed by atoms with van der Waals surface area (Å²) >= 11 is 0. The molecule has 6 heteroatoms. The van der Waals surface area contributed by atoms with E-state index < -0.39 is 0 Å². The number of carbonyl (C=O) groups is 1. The highest BCUT2D eigenvalue weighted by molar-refractivity contribution is 6.02. The number of benzene rings is 1. The van der Waals surface area contributed by atoms with Crippen molar-refractivity contribution in [1.29, 1.82) is 0 Å². The molecule has 21 heavy (non-hydrogen) atoms. The summed E-state index contributed by atoms with van der Waals surface area (Å²) in [4.78, 5) is 22.8. The quantitative estimate of drug-likeness (QED) is 0.771. The fraction of sp³-hybridized carbons (Fsp3) is 0.267. The van der Waals surface area contributed by atoms with Crippen molar-refractivity contribution in [3.63, 3.8) is 0 Å². The SMILES string of the molecule is O=C(Nc1ccc(CNC2CC2)cc1)c1ccc(=O)[nH]n1. The number of aromatic amines is 1. The molecular weight excluding hydrogens is 268 g/mol. The van der Waals surface area contributed by atoms with Gasteiger partial charge in [0.25, 0.3) is 11.5 Å². The van der Waals surface area contributed by atoms with Crippen LogP contribution in [-0.2, 0) is 6.54 Å². The molecule has 0 bridgehead atoms. The van der Waals surface area contributed by atoms with E-state index in [4.69, 9.17) is 0 Å². The summed E-state index contributed by atoms with van der Waals surface area (Å²) in [6, 6.07) is 11.0. The van der Waals surface area contributed by atoms with Crippen molar-refractivity contribution >= 4 is 11.6 Å².